The van der Waals surface area contributed by atoms with E-state index in [1.807, 2.05) is 0 Å². The lowest BCUT2D eigenvalue weighted by Crippen LogP contribution is -2.30. The molecule has 1 saturated heterocycles. The van der Waals surface area contributed by atoms with Crippen molar-refractivity contribution in [3.8, 4) is 0 Å². The second-order valence-corrected chi connectivity index (χ2v) is 3.49. The molecule has 4 heteroatoms. The summed E-state index contributed by atoms with van der Waals surface area (Å²) in [4.78, 5) is 13.2. The third-order valence-corrected chi connectivity index (χ3v) is 2.47. The van der Waals surface area contributed by atoms with E-state index in [0.717, 1.165) is 12.8 Å². The van der Waals surface area contributed by atoms with Crippen LogP contribution in [0.1, 0.15) is 19.8 Å². The number of carbonyl (C=O) groups excluding carboxylic acids is 1. The molecule has 2 atom stereocenters. The van der Waals surface area contributed by atoms with E-state index >= 15 is 0 Å². The molecule has 4 nitrogen and oxygen atoms in total. The Labute approximate surface area is 84.6 Å². The van der Waals surface area contributed by atoms with Crippen LogP contribution in [0.4, 0.5) is 4.79 Å². The highest BCUT2D eigenvalue weighted by Gasteiger charge is 2.49. The van der Waals surface area contributed by atoms with Gasteiger partial charge in [0.2, 0.25) is 0 Å². The van der Waals surface area contributed by atoms with Crippen molar-refractivity contribution in [2.45, 2.75) is 31.8 Å². The summed E-state index contributed by atoms with van der Waals surface area (Å²) < 4.78 is 0. The summed E-state index contributed by atoms with van der Waals surface area (Å²) in [5, 5.41) is 11.7. The predicted molar refractivity (Wildman–Crippen MR) is 55.0 cm³/mol. The van der Waals surface area contributed by atoms with Crippen molar-refractivity contribution in [1.82, 2.24) is 10.2 Å². The third-order valence-electron chi connectivity index (χ3n) is 2.47. The number of carbonyl (C=O) groups is 1. The largest absolute Gasteiger partial charge is 0.394 e. The monoisotopic (exact) mass is 198 g/mol. The molecule has 80 valence electrons. The first-order valence-electron chi connectivity index (χ1n) is 5.04. The lowest BCUT2D eigenvalue weighted by Gasteiger charge is -2.04. The van der Waals surface area contributed by atoms with Gasteiger partial charge in [0, 0.05) is 6.54 Å². The van der Waals surface area contributed by atoms with E-state index in [4.69, 9.17) is 5.11 Å². The van der Waals surface area contributed by atoms with Crippen molar-refractivity contribution in [3.05, 3.63) is 12.7 Å². The van der Waals surface area contributed by atoms with Crippen LogP contribution in [-0.4, -0.2) is 41.3 Å². The fourth-order valence-corrected chi connectivity index (χ4v) is 1.72. The minimum absolute atomic E-state index is 0.0276. The molecule has 1 fully saturated rings. The Balaban J connectivity index is 2.37. The zero-order chi connectivity index (χ0) is 10.6. The van der Waals surface area contributed by atoms with E-state index in [1.54, 1.807) is 11.0 Å². The predicted octanol–water partition coefficient (Wildman–Crippen LogP) is 0.727. The molecule has 0 aromatic heterocycles. The lowest BCUT2D eigenvalue weighted by atomic mass is 10.2. The van der Waals surface area contributed by atoms with Gasteiger partial charge < -0.3 is 15.3 Å². The van der Waals surface area contributed by atoms with Crippen molar-refractivity contribution >= 4 is 6.03 Å². The standard InChI is InChI=1S/C10H18N2O2/c1-3-5-8-9(7-13)12(8)10(14)11-6-4-2/h4,8-9,13H,2-3,5-7H2,1H3,(H,11,14)/t8-,9-,12?/m0/s1. The number of aliphatic hydroxyl groups is 1. The first-order valence-corrected chi connectivity index (χ1v) is 5.04. The number of urea groups is 1. The number of rotatable bonds is 5. The Morgan fingerprint density at radius 1 is 1.64 bits per heavy atom. The van der Waals surface area contributed by atoms with Gasteiger partial charge in [-0.25, -0.2) is 4.79 Å². The SMILES string of the molecule is C=CCNC(=O)N1[C@@H](CO)[C@@H]1CCC. The molecule has 0 bridgehead atoms. The van der Waals surface area contributed by atoms with Crippen molar-refractivity contribution in [2.75, 3.05) is 13.2 Å². The van der Waals surface area contributed by atoms with Crippen molar-refractivity contribution in [1.29, 1.82) is 0 Å². The molecule has 14 heavy (non-hydrogen) atoms. The van der Waals surface area contributed by atoms with E-state index in [1.165, 1.54) is 0 Å². The summed E-state index contributed by atoms with van der Waals surface area (Å²) in [5.41, 5.74) is 0. The van der Waals surface area contributed by atoms with E-state index < -0.39 is 0 Å². The first-order chi connectivity index (χ1) is 6.76. The molecule has 0 radical (unpaired) electrons. The van der Waals surface area contributed by atoms with Crippen molar-refractivity contribution < 1.29 is 9.90 Å². The maximum absolute atomic E-state index is 11.5. The second kappa shape index (κ2) is 5.00. The Kier molecular flexibility index (Phi) is 3.95. The van der Waals surface area contributed by atoms with Crippen LogP contribution in [0.25, 0.3) is 0 Å². The number of aliphatic hydroxyl groups excluding tert-OH is 1. The van der Waals surface area contributed by atoms with Crippen LogP contribution in [0.15, 0.2) is 12.7 Å². The van der Waals surface area contributed by atoms with Gasteiger partial charge >= 0.3 is 6.03 Å². The van der Waals surface area contributed by atoms with E-state index in [0.29, 0.717) is 6.54 Å². The summed E-state index contributed by atoms with van der Waals surface area (Å²) in [7, 11) is 0. The third kappa shape index (κ3) is 2.26. The maximum atomic E-state index is 11.5. The molecule has 0 aromatic rings. The molecule has 0 spiro atoms. The van der Waals surface area contributed by atoms with Gasteiger partial charge in [0.05, 0.1) is 18.7 Å². The van der Waals surface area contributed by atoms with E-state index in [9.17, 15) is 4.79 Å². The van der Waals surface area contributed by atoms with Gasteiger partial charge in [0.1, 0.15) is 0 Å². The highest BCUT2D eigenvalue weighted by atomic mass is 16.3. The first kappa shape index (κ1) is 11.0. The molecular weight excluding hydrogens is 180 g/mol. The second-order valence-electron chi connectivity index (χ2n) is 3.49. The summed E-state index contributed by atoms with van der Waals surface area (Å²) in [6, 6.07) is 0.164. The van der Waals surface area contributed by atoms with Crippen LogP contribution in [0.2, 0.25) is 0 Å². The van der Waals surface area contributed by atoms with E-state index in [2.05, 4.69) is 18.8 Å². The molecule has 0 saturated carbocycles. The average molecular weight is 198 g/mol. The molecule has 2 N–H and O–H groups in total. The van der Waals surface area contributed by atoms with Crippen LogP contribution in [0.3, 0.4) is 0 Å². The van der Waals surface area contributed by atoms with E-state index in [-0.39, 0.29) is 24.7 Å². The molecular formula is C10H18N2O2. The minimum atomic E-state index is -0.0950. The number of amides is 2. The average Bonchev–Trinajstić information content (AvgIpc) is 2.88. The lowest BCUT2D eigenvalue weighted by molar-refractivity contribution is 0.218. The zero-order valence-corrected chi connectivity index (χ0v) is 8.57. The smallest absolute Gasteiger partial charge is 0.318 e. The fourth-order valence-electron chi connectivity index (χ4n) is 1.72. The Morgan fingerprint density at radius 2 is 2.36 bits per heavy atom. The highest BCUT2D eigenvalue weighted by Crippen LogP contribution is 2.31. The van der Waals surface area contributed by atoms with Gasteiger partial charge in [0.25, 0.3) is 0 Å². The summed E-state index contributed by atoms with van der Waals surface area (Å²) in [6.07, 6.45) is 3.64. The van der Waals surface area contributed by atoms with Crippen molar-refractivity contribution in [2.24, 2.45) is 0 Å². The van der Waals surface area contributed by atoms with Gasteiger partial charge in [-0.15, -0.1) is 6.58 Å². The number of nitrogens with one attached hydrogen (secondary N) is 1. The number of hydrogen-bond donors (Lipinski definition) is 2. The normalized spacial score (nSPS) is 24.6. The molecule has 0 aromatic carbocycles. The summed E-state index contributed by atoms with van der Waals surface area (Å²) >= 11 is 0. The Hall–Kier alpha value is -1.03. The molecule has 0 unspecified atom stereocenters. The molecule has 1 heterocycles. The van der Waals surface area contributed by atoms with Gasteiger partial charge in [-0.05, 0) is 6.42 Å². The van der Waals surface area contributed by atoms with Crippen LogP contribution in [0.5, 0.6) is 0 Å². The molecule has 1 aliphatic heterocycles. The quantitative estimate of drug-likeness (QED) is 0.505. The topological polar surface area (TPSA) is 52.3 Å². The van der Waals surface area contributed by atoms with Gasteiger partial charge in [-0.1, -0.05) is 19.4 Å². The maximum Gasteiger partial charge on any atom is 0.318 e. The Bertz CT molecular complexity index is 218. The summed E-state index contributed by atoms with van der Waals surface area (Å²) in [5.74, 6) is 0. The molecule has 2 amide bonds. The van der Waals surface area contributed by atoms with Crippen LogP contribution in [-0.2, 0) is 0 Å². The number of hydrogen-bond acceptors (Lipinski definition) is 2. The number of nitrogens with zero attached hydrogens (tertiary/aromatic N) is 1. The van der Waals surface area contributed by atoms with Gasteiger partial charge in [-0.2, -0.15) is 0 Å². The fraction of sp³-hybridized carbons (Fsp3) is 0.700. The van der Waals surface area contributed by atoms with Crippen LogP contribution in [0, 0.1) is 0 Å². The molecule has 1 aliphatic rings. The molecule has 1 rings (SSSR count). The van der Waals surface area contributed by atoms with Gasteiger partial charge in [-0.3, -0.25) is 0 Å². The van der Waals surface area contributed by atoms with Gasteiger partial charge in [0.15, 0.2) is 0 Å². The Morgan fingerprint density at radius 3 is 2.86 bits per heavy atom. The van der Waals surface area contributed by atoms with Crippen molar-refractivity contribution in [3.63, 3.8) is 0 Å². The van der Waals surface area contributed by atoms with Crippen LogP contribution >= 0.6 is 0 Å². The minimum Gasteiger partial charge on any atom is -0.394 e. The molecule has 0 aliphatic carbocycles. The van der Waals surface area contributed by atoms with Crippen LogP contribution < -0.4 is 5.32 Å². The zero-order valence-electron chi connectivity index (χ0n) is 8.57. The summed E-state index contributed by atoms with van der Waals surface area (Å²) in [6.45, 7) is 6.14. The highest BCUT2D eigenvalue weighted by molar-refractivity contribution is 5.78.